The van der Waals surface area contributed by atoms with Crippen LogP contribution < -0.4 is 0 Å². The zero-order valence-electron chi connectivity index (χ0n) is 8.40. The van der Waals surface area contributed by atoms with Crippen LogP contribution in [0.25, 0.3) is 0 Å². The number of thioether (sulfide) groups is 1. The van der Waals surface area contributed by atoms with Crippen molar-refractivity contribution in [2.45, 2.75) is 16.4 Å². The normalized spacial score (nSPS) is 10.9. The van der Waals surface area contributed by atoms with Gasteiger partial charge in [-0.3, -0.25) is 0 Å². The Hall–Kier alpha value is -0.870. The number of hydrogen-bond donors (Lipinski definition) is 0. The molecule has 16 heavy (non-hydrogen) atoms. The third-order valence-electron chi connectivity index (χ3n) is 2.04. The lowest BCUT2D eigenvalue weighted by atomic mass is 10.2. The van der Waals surface area contributed by atoms with E-state index in [1.807, 2.05) is 30.3 Å². The summed E-state index contributed by atoms with van der Waals surface area (Å²) in [4.78, 5) is 0.149. The molecule has 0 amide bonds. The first kappa shape index (κ1) is 11.6. The second-order valence-electron chi connectivity index (χ2n) is 3.23. The Balaban J connectivity index is 1.95. The summed E-state index contributed by atoms with van der Waals surface area (Å²) in [6.07, 6.45) is -2.35. The zero-order valence-corrected chi connectivity index (χ0v) is 10.0. The zero-order chi connectivity index (χ0) is 11.4. The van der Waals surface area contributed by atoms with Crippen molar-refractivity contribution in [1.29, 1.82) is 0 Å². The average molecular weight is 256 g/mol. The van der Waals surface area contributed by atoms with Gasteiger partial charge in [0.2, 0.25) is 0 Å². The van der Waals surface area contributed by atoms with Gasteiger partial charge in [0.15, 0.2) is 0 Å². The Kier molecular flexibility index (Phi) is 3.96. The molecule has 0 saturated carbocycles. The Bertz CT molecular complexity index is 437. The van der Waals surface area contributed by atoms with Crippen LogP contribution in [-0.4, -0.2) is 0 Å². The van der Waals surface area contributed by atoms with E-state index in [0.717, 1.165) is 9.96 Å². The van der Waals surface area contributed by atoms with Gasteiger partial charge in [-0.25, -0.2) is 8.78 Å². The number of rotatable bonds is 4. The van der Waals surface area contributed by atoms with Crippen LogP contribution in [-0.2, 0) is 5.75 Å². The van der Waals surface area contributed by atoms with E-state index in [-0.39, 0.29) is 4.88 Å². The minimum Gasteiger partial charge on any atom is -0.204 e. The molecule has 4 heteroatoms. The standard InChI is InChI=1S/C12H10F2S2/c13-12(14)10-6-7-11(16-10)15-8-9-4-2-1-3-5-9/h1-7,12H,8H2. The van der Waals surface area contributed by atoms with Crippen LogP contribution in [0.15, 0.2) is 46.7 Å². The van der Waals surface area contributed by atoms with Crippen LogP contribution in [0.5, 0.6) is 0 Å². The molecule has 0 radical (unpaired) electrons. The number of benzene rings is 1. The molecule has 0 spiro atoms. The predicted molar refractivity (Wildman–Crippen MR) is 65.3 cm³/mol. The summed E-state index contributed by atoms with van der Waals surface area (Å²) >= 11 is 2.77. The first-order valence-corrected chi connectivity index (χ1v) is 6.60. The van der Waals surface area contributed by atoms with Gasteiger partial charge in [-0.05, 0) is 17.7 Å². The molecule has 1 aromatic carbocycles. The summed E-state index contributed by atoms with van der Waals surface area (Å²) in [7, 11) is 0. The summed E-state index contributed by atoms with van der Waals surface area (Å²) < 4.78 is 25.6. The maximum absolute atomic E-state index is 12.3. The van der Waals surface area contributed by atoms with Gasteiger partial charge in [-0.2, -0.15) is 0 Å². The van der Waals surface area contributed by atoms with Gasteiger partial charge in [0.05, 0.1) is 9.09 Å². The van der Waals surface area contributed by atoms with Crippen LogP contribution in [0.1, 0.15) is 16.9 Å². The van der Waals surface area contributed by atoms with Crippen molar-refractivity contribution in [2.75, 3.05) is 0 Å². The van der Waals surface area contributed by atoms with Gasteiger partial charge in [0.1, 0.15) is 0 Å². The van der Waals surface area contributed by atoms with Gasteiger partial charge >= 0.3 is 0 Å². The van der Waals surface area contributed by atoms with Crippen molar-refractivity contribution in [1.82, 2.24) is 0 Å². The Morgan fingerprint density at radius 1 is 1.06 bits per heavy atom. The van der Waals surface area contributed by atoms with E-state index in [9.17, 15) is 8.78 Å². The lowest BCUT2D eigenvalue weighted by Crippen LogP contribution is -1.76. The second-order valence-corrected chi connectivity index (χ2v) is 5.62. The van der Waals surface area contributed by atoms with Gasteiger partial charge in [0, 0.05) is 5.75 Å². The lowest BCUT2D eigenvalue weighted by Gasteiger charge is -1.98. The van der Waals surface area contributed by atoms with E-state index in [1.54, 1.807) is 17.8 Å². The molecule has 0 N–H and O–H groups in total. The first-order chi connectivity index (χ1) is 7.75. The fourth-order valence-electron chi connectivity index (χ4n) is 1.26. The van der Waals surface area contributed by atoms with Gasteiger partial charge in [0.25, 0.3) is 6.43 Å². The third-order valence-corrected chi connectivity index (χ3v) is 4.43. The fourth-order valence-corrected chi connectivity index (χ4v) is 3.22. The van der Waals surface area contributed by atoms with Gasteiger partial charge in [-0.15, -0.1) is 23.1 Å². The maximum atomic E-state index is 12.3. The SMILES string of the molecule is FC(F)c1ccc(SCc2ccccc2)s1. The highest BCUT2D eigenvalue weighted by Gasteiger charge is 2.10. The molecular formula is C12H10F2S2. The summed E-state index contributed by atoms with van der Waals surface area (Å²) in [5.74, 6) is 0.823. The van der Waals surface area contributed by atoms with Gasteiger partial charge < -0.3 is 0 Å². The quantitative estimate of drug-likeness (QED) is 0.695. The van der Waals surface area contributed by atoms with Crippen LogP contribution in [0, 0.1) is 0 Å². The van der Waals surface area contributed by atoms with E-state index in [2.05, 4.69) is 0 Å². The van der Waals surface area contributed by atoms with Crippen molar-refractivity contribution in [3.05, 3.63) is 52.9 Å². The molecule has 0 aliphatic heterocycles. The van der Waals surface area contributed by atoms with E-state index in [4.69, 9.17) is 0 Å². The molecule has 84 valence electrons. The summed E-state index contributed by atoms with van der Waals surface area (Å²) in [5.41, 5.74) is 1.21. The second kappa shape index (κ2) is 5.46. The topological polar surface area (TPSA) is 0 Å². The Morgan fingerprint density at radius 3 is 2.44 bits per heavy atom. The first-order valence-electron chi connectivity index (χ1n) is 4.80. The van der Waals surface area contributed by atoms with E-state index < -0.39 is 6.43 Å². The fraction of sp³-hybridized carbons (Fsp3) is 0.167. The highest BCUT2D eigenvalue weighted by molar-refractivity contribution is 8.00. The van der Waals surface area contributed by atoms with Crippen molar-refractivity contribution < 1.29 is 8.78 Å². The number of hydrogen-bond acceptors (Lipinski definition) is 2. The molecule has 0 fully saturated rings. The minimum atomic E-state index is -2.35. The van der Waals surface area contributed by atoms with Gasteiger partial charge in [-0.1, -0.05) is 30.3 Å². The molecule has 0 nitrogen and oxygen atoms in total. The van der Waals surface area contributed by atoms with Crippen molar-refractivity contribution >= 4 is 23.1 Å². The van der Waals surface area contributed by atoms with E-state index in [0.29, 0.717) is 0 Å². The van der Waals surface area contributed by atoms with Crippen LogP contribution in [0.3, 0.4) is 0 Å². The number of thiophene rings is 1. The molecule has 0 aliphatic rings. The van der Waals surface area contributed by atoms with E-state index in [1.165, 1.54) is 23.0 Å². The van der Waals surface area contributed by atoms with Crippen LogP contribution in [0.2, 0.25) is 0 Å². The molecule has 0 aliphatic carbocycles. The summed E-state index contributed by atoms with van der Waals surface area (Å²) in [6.45, 7) is 0. The monoisotopic (exact) mass is 256 g/mol. The van der Waals surface area contributed by atoms with Crippen molar-refractivity contribution in [2.24, 2.45) is 0 Å². The predicted octanol–water partition coefficient (Wildman–Crippen LogP) is 4.98. The number of alkyl halides is 2. The van der Waals surface area contributed by atoms with Crippen LogP contribution >= 0.6 is 23.1 Å². The molecular weight excluding hydrogens is 246 g/mol. The van der Waals surface area contributed by atoms with Crippen LogP contribution in [0.4, 0.5) is 8.78 Å². The molecule has 0 unspecified atom stereocenters. The number of halogens is 2. The Labute approximate surface area is 101 Å². The highest BCUT2D eigenvalue weighted by Crippen LogP contribution is 2.34. The highest BCUT2D eigenvalue weighted by atomic mass is 32.2. The molecule has 2 rings (SSSR count). The van der Waals surface area contributed by atoms with Crippen molar-refractivity contribution in [3.8, 4) is 0 Å². The molecule has 1 heterocycles. The molecule has 1 aromatic heterocycles. The largest absolute Gasteiger partial charge is 0.272 e. The van der Waals surface area contributed by atoms with Crippen molar-refractivity contribution in [3.63, 3.8) is 0 Å². The maximum Gasteiger partial charge on any atom is 0.272 e. The summed E-state index contributed by atoms with van der Waals surface area (Å²) in [5, 5.41) is 0. The smallest absolute Gasteiger partial charge is 0.204 e. The minimum absolute atomic E-state index is 0.149. The molecule has 0 saturated heterocycles. The lowest BCUT2D eigenvalue weighted by molar-refractivity contribution is 0.155. The summed E-state index contributed by atoms with van der Waals surface area (Å²) in [6, 6.07) is 13.3. The van der Waals surface area contributed by atoms with E-state index >= 15 is 0 Å². The molecule has 0 bridgehead atoms. The Morgan fingerprint density at radius 2 is 1.81 bits per heavy atom. The molecule has 0 atom stereocenters. The average Bonchev–Trinajstić information content (AvgIpc) is 2.76. The molecule has 2 aromatic rings. The third kappa shape index (κ3) is 3.06.